The third-order valence-electron chi connectivity index (χ3n) is 7.77. The van der Waals surface area contributed by atoms with E-state index in [-0.39, 0.29) is 28.6 Å². The minimum atomic E-state index is -4.36. The molecule has 40 heavy (non-hydrogen) atoms. The minimum absolute atomic E-state index is 0.00630. The standard InChI is InChI=1S/C32H36F3NO3S/c1-18(19-8-10-21(11-9-19)32(33,34)35)24-16-36(24)26(29-28-25(17-40-29)38-12-13-39-28)20-14-22(30(2,3)4)27(37)23(15-20)31(5,6)7/h8-11,14-15,17-18,24H,12-13,16H2,1-7H3/t18-,24?,36?/m1/s1. The van der Waals surface area contributed by atoms with Gasteiger partial charge >= 0.3 is 6.18 Å². The number of ketones is 1. The first kappa shape index (κ1) is 28.5. The van der Waals surface area contributed by atoms with Gasteiger partial charge in [0.1, 0.15) is 13.2 Å². The molecule has 1 aromatic carbocycles. The first-order valence-corrected chi connectivity index (χ1v) is 14.5. The van der Waals surface area contributed by atoms with Crippen molar-refractivity contribution in [1.29, 1.82) is 0 Å². The van der Waals surface area contributed by atoms with E-state index in [2.05, 4.69) is 53.4 Å². The average Bonchev–Trinajstić information content (AvgIpc) is 3.54. The van der Waals surface area contributed by atoms with Crippen molar-refractivity contribution in [2.75, 3.05) is 19.8 Å². The predicted molar refractivity (Wildman–Crippen MR) is 153 cm³/mol. The van der Waals surface area contributed by atoms with E-state index in [0.29, 0.717) is 24.7 Å². The number of hydrogen-bond acceptors (Lipinski definition) is 5. The second-order valence-corrected chi connectivity index (χ2v) is 13.7. The number of alkyl halides is 3. The molecule has 0 saturated carbocycles. The number of thiophene rings is 1. The number of rotatable bonds is 4. The van der Waals surface area contributed by atoms with Gasteiger partial charge < -0.3 is 14.4 Å². The number of hydrogen-bond donors (Lipinski definition) is 0. The highest BCUT2D eigenvalue weighted by Crippen LogP contribution is 2.51. The molecule has 1 unspecified atom stereocenters. The molecule has 3 aliphatic rings. The number of carbonyl (C=O) groups is 1. The van der Waals surface area contributed by atoms with Crippen LogP contribution in [0.25, 0.3) is 5.70 Å². The topological polar surface area (TPSA) is 38.5 Å². The Hall–Kier alpha value is -3.00. The maximum Gasteiger partial charge on any atom is 0.416 e. The highest BCUT2D eigenvalue weighted by atomic mass is 32.1. The summed E-state index contributed by atoms with van der Waals surface area (Å²) in [5.41, 5.74) is 2.90. The average molecular weight is 572 g/mol. The van der Waals surface area contributed by atoms with Crippen molar-refractivity contribution < 1.29 is 27.4 Å². The lowest BCUT2D eigenvalue weighted by Gasteiger charge is -2.32. The van der Waals surface area contributed by atoms with Crippen LogP contribution in [-0.4, -0.2) is 36.5 Å². The van der Waals surface area contributed by atoms with Crippen molar-refractivity contribution in [1.82, 2.24) is 4.90 Å². The molecule has 8 heteroatoms. The van der Waals surface area contributed by atoms with Gasteiger partial charge in [0, 0.05) is 34.6 Å². The van der Waals surface area contributed by atoms with Crippen molar-refractivity contribution in [2.45, 2.75) is 66.6 Å². The Bertz CT molecular complexity index is 1380. The molecule has 1 aromatic heterocycles. The lowest BCUT2D eigenvalue weighted by atomic mass is 9.71. The van der Waals surface area contributed by atoms with E-state index in [0.717, 1.165) is 51.5 Å². The van der Waals surface area contributed by atoms with Crippen LogP contribution in [0.4, 0.5) is 13.2 Å². The fraction of sp³-hybridized carbons (Fsp3) is 0.469. The molecule has 2 aromatic rings. The first-order chi connectivity index (χ1) is 18.6. The lowest BCUT2D eigenvalue weighted by Crippen LogP contribution is -2.28. The summed E-state index contributed by atoms with van der Waals surface area (Å²) in [5.74, 6) is 1.48. The van der Waals surface area contributed by atoms with Crippen molar-refractivity contribution in [3.8, 4) is 11.5 Å². The monoisotopic (exact) mass is 571 g/mol. The highest BCUT2D eigenvalue weighted by Gasteiger charge is 2.45. The van der Waals surface area contributed by atoms with Crippen LogP contribution in [0, 0.1) is 10.8 Å². The number of carbonyl (C=O) groups excluding carboxylic acids is 1. The van der Waals surface area contributed by atoms with E-state index in [9.17, 15) is 18.0 Å². The molecule has 1 fully saturated rings. The van der Waals surface area contributed by atoms with E-state index >= 15 is 0 Å². The molecule has 1 saturated heterocycles. The summed E-state index contributed by atoms with van der Waals surface area (Å²) in [5, 5.41) is 1.96. The summed E-state index contributed by atoms with van der Waals surface area (Å²) in [4.78, 5) is 16.9. The number of fused-ring (bicyclic) bond motifs is 1. The molecule has 0 N–H and O–H groups in total. The predicted octanol–water partition coefficient (Wildman–Crippen LogP) is 8.26. The van der Waals surface area contributed by atoms with Crippen molar-refractivity contribution in [3.05, 3.63) is 74.5 Å². The summed E-state index contributed by atoms with van der Waals surface area (Å²) in [6, 6.07) is 5.55. The van der Waals surface area contributed by atoms with Gasteiger partial charge in [-0.2, -0.15) is 13.2 Å². The Labute approximate surface area is 238 Å². The molecule has 1 aliphatic carbocycles. The molecule has 2 aliphatic heterocycles. The van der Waals surface area contributed by atoms with Crippen LogP contribution < -0.4 is 9.47 Å². The van der Waals surface area contributed by atoms with Crippen LogP contribution in [0.3, 0.4) is 0 Å². The Balaban J connectivity index is 1.62. The highest BCUT2D eigenvalue weighted by molar-refractivity contribution is 7.11. The number of allylic oxidation sites excluding steroid dienone is 5. The molecule has 3 heterocycles. The van der Waals surface area contributed by atoms with Gasteiger partial charge in [0.15, 0.2) is 17.3 Å². The fourth-order valence-electron chi connectivity index (χ4n) is 5.37. The van der Waals surface area contributed by atoms with Gasteiger partial charge in [0.05, 0.1) is 22.2 Å². The number of nitrogens with zero attached hydrogens (tertiary/aromatic N) is 1. The second-order valence-electron chi connectivity index (χ2n) is 12.8. The SMILES string of the molecule is C[C@H](c1ccc(C(F)(F)F)cc1)C1CN1C(=C1C=C(C(C)(C)C)C(=O)C(C(C)(C)C)=C1)c1scc2c1OCCO2. The molecular weight excluding hydrogens is 535 g/mol. The number of benzene rings is 1. The van der Waals surface area contributed by atoms with Crippen LogP contribution in [0.2, 0.25) is 0 Å². The Morgan fingerprint density at radius 2 is 1.52 bits per heavy atom. The zero-order valence-electron chi connectivity index (χ0n) is 24.0. The zero-order valence-corrected chi connectivity index (χ0v) is 24.8. The van der Waals surface area contributed by atoms with Crippen molar-refractivity contribution in [2.24, 2.45) is 10.8 Å². The van der Waals surface area contributed by atoms with Crippen LogP contribution in [0.15, 0.2) is 58.5 Å². The molecule has 0 bridgehead atoms. The van der Waals surface area contributed by atoms with Crippen molar-refractivity contribution >= 4 is 22.8 Å². The normalized spacial score (nSPS) is 20.2. The molecule has 0 radical (unpaired) electrons. The summed E-state index contributed by atoms with van der Waals surface area (Å²) in [6.45, 7) is 16.0. The largest absolute Gasteiger partial charge is 0.485 e. The van der Waals surface area contributed by atoms with Gasteiger partial charge in [-0.15, -0.1) is 11.3 Å². The van der Waals surface area contributed by atoms with Gasteiger partial charge in [0.2, 0.25) is 0 Å². The van der Waals surface area contributed by atoms with Gasteiger partial charge in [0.25, 0.3) is 0 Å². The minimum Gasteiger partial charge on any atom is -0.485 e. The zero-order chi connectivity index (χ0) is 29.2. The van der Waals surface area contributed by atoms with Gasteiger partial charge in [-0.3, -0.25) is 4.79 Å². The molecule has 0 amide bonds. The Kier molecular flexibility index (Phi) is 7.01. The smallest absolute Gasteiger partial charge is 0.416 e. The number of Topliss-reactive ketones (excluding diaryl/α,β-unsaturated/α-hetero) is 1. The maximum absolute atomic E-state index is 13.7. The Morgan fingerprint density at radius 1 is 0.950 bits per heavy atom. The summed E-state index contributed by atoms with van der Waals surface area (Å²) in [7, 11) is 0. The lowest BCUT2D eigenvalue weighted by molar-refractivity contribution is -0.137. The van der Waals surface area contributed by atoms with E-state index in [1.165, 1.54) is 0 Å². The molecular formula is C32H36F3NO3S. The second kappa shape index (κ2) is 9.82. The fourth-order valence-corrected chi connectivity index (χ4v) is 6.38. The van der Waals surface area contributed by atoms with E-state index in [1.807, 2.05) is 17.5 Å². The van der Waals surface area contributed by atoms with Crippen LogP contribution in [-0.2, 0) is 11.0 Å². The van der Waals surface area contributed by atoms with Gasteiger partial charge in [-0.1, -0.05) is 60.6 Å². The molecule has 2 atom stereocenters. The first-order valence-electron chi connectivity index (χ1n) is 13.6. The van der Waals surface area contributed by atoms with Crippen molar-refractivity contribution in [3.63, 3.8) is 0 Å². The van der Waals surface area contributed by atoms with Gasteiger partial charge in [-0.25, -0.2) is 0 Å². The summed E-state index contributed by atoms with van der Waals surface area (Å²) >= 11 is 1.55. The van der Waals surface area contributed by atoms with E-state index in [1.54, 1.807) is 23.5 Å². The number of halogens is 3. The van der Waals surface area contributed by atoms with Crippen LogP contribution >= 0.6 is 11.3 Å². The third kappa shape index (κ3) is 5.35. The summed E-state index contributed by atoms with van der Waals surface area (Å²) < 4.78 is 51.4. The molecule has 5 rings (SSSR count). The van der Waals surface area contributed by atoms with Crippen LogP contribution in [0.5, 0.6) is 11.5 Å². The Morgan fingerprint density at radius 3 is 2.08 bits per heavy atom. The van der Waals surface area contributed by atoms with E-state index < -0.39 is 11.7 Å². The van der Waals surface area contributed by atoms with Crippen LogP contribution in [0.1, 0.15) is 70.4 Å². The molecule has 214 valence electrons. The summed E-state index contributed by atoms with van der Waals surface area (Å²) in [6.07, 6.45) is -0.334. The van der Waals surface area contributed by atoms with E-state index in [4.69, 9.17) is 9.47 Å². The van der Waals surface area contributed by atoms with Gasteiger partial charge in [-0.05, 0) is 40.7 Å². The third-order valence-corrected chi connectivity index (χ3v) is 8.72. The maximum atomic E-state index is 13.7. The molecule has 0 spiro atoms. The quantitative estimate of drug-likeness (QED) is 0.346. The number of ether oxygens (including phenoxy) is 2. The molecule has 4 nitrogen and oxygen atoms in total.